The van der Waals surface area contributed by atoms with Crippen molar-refractivity contribution in [3.63, 3.8) is 0 Å². The minimum absolute atomic E-state index is 0.103. The van der Waals surface area contributed by atoms with Crippen molar-refractivity contribution in [1.29, 1.82) is 0 Å². The second-order valence-electron chi connectivity index (χ2n) is 8.24. The number of hydrogen-bond acceptors (Lipinski definition) is 9. The number of amides is 1. The van der Waals surface area contributed by atoms with Gasteiger partial charge in [0.15, 0.2) is 29.1 Å². The highest BCUT2D eigenvalue weighted by molar-refractivity contribution is 6.04. The predicted octanol–water partition coefficient (Wildman–Crippen LogP) is 3.76. The molecule has 0 aliphatic carbocycles. The van der Waals surface area contributed by atoms with Crippen LogP contribution < -0.4 is 33.7 Å². The van der Waals surface area contributed by atoms with Gasteiger partial charge in [-0.3, -0.25) is 4.79 Å². The standard InChI is InChI=1S/C26H21NO9/c1-30-16-4-5-17-20(10-16)35-24(15-3-7-19-22(9-15)34-13-32-19)25(23(17)28)36-26(29)27-11-14-2-6-18-21(8-14)33-12-31-18/h2-10,24-25H,11-13H2,1H3,(H,27,29)/t24-,25?/m1/s1. The van der Waals surface area contributed by atoms with E-state index in [1.807, 2.05) is 6.07 Å². The fraction of sp³-hybridized carbons (Fsp3) is 0.231. The molecule has 6 rings (SSSR count). The lowest BCUT2D eigenvalue weighted by molar-refractivity contribution is 0.00884. The summed E-state index contributed by atoms with van der Waals surface area (Å²) in [6.07, 6.45) is -2.91. The van der Waals surface area contributed by atoms with E-state index in [-0.39, 0.29) is 25.9 Å². The number of carbonyl (C=O) groups excluding carboxylic acids is 2. The van der Waals surface area contributed by atoms with E-state index in [0.29, 0.717) is 45.6 Å². The Balaban J connectivity index is 1.24. The largest absolute Gasteiger partial charge is 0.497 e. The third-order valence-corrected chi connectivity index (χ3v) is 6.07. The summed E-state index contributed by atoms with van der Waals surface area (Å²) in [4.78, 5) is 26.2. The Hall–Kier alpha value is -4.60. The van der Waals surface area contributed by atoms with Crippen molar-refractivity contribution in [2.24, 2.45) is 0 Å². The number of methoxy groups -OCH3 is 1. The molecule has 0 saturated carbocycles. The third kappa shape index (κ3) is 3.96. The highest BCUT2D eigenvalue weighted by Gasteiger charge is 2.42. The highest BCUT2D eigenvalue weighted by atomic mass is 16.7. The zero-order valence-corrected chi connectivity index (χ0v) is 19.1. The number of fused-ring (bicyclic) bond motifs is 3. The summed E-state index contributed by atoms with van der Waals surface area (Å²) >= 11 is 0. The highest BCUT2D eigenvalue weighted by Crippen LogP contribution is 2.41. The molecule has 36 heavy (non-hydrogen) atoms. The molecular weight excluding hydrogens is 470 g/mol. The molecule has 3 aromatic rings. The van der Waals surface area contributed by atoms with Gasteiger partial charge in [-0.25, -0.2) is 4.79 Å². The van der Waals surface area contributed by atoms with Crippen molar-refractivity contribution in [2.45, 2.75) is 18.8 Å². The molecule has 10 nitrogen and oxygen atoms in total. The molecule has 1 unspecified atom stereocenters. The number of hydrogen-bond donors (Lipinski definition) is 1. The second kappa shape index (κ2) is 8.88. The van der Waals surface area contributed by atoms with E-state index in [1.165, 1.54) is 7.11 Å². The maximum absolute atomic E-state index is 13.5. The SMILES string of the molecule is COc1ccc2c(c1)O[C@H](c1ccc3c(c1)OCO3)C(OC(=O)NCc1ccc3c(c1)OCO3)C2=O. The summed E-state index contributed by atoms with van der Waals surface area (Å²) in [5.41, 5.74) is 1.67. The maximum Gasteiger partial charge on any atom is 0.408 e. The first-order valence-electron chi connectivity index (χ1n) is 11.2. The van der Waals surface area contributed by atoms with E-state index in [4.69, 9.17) is 33.2 Å². The average molecular weight is 491 g/mol. The monoisotopic (exact) mass is 491 g/mol. The molecule has 0 saturated heterocycles. The molecule has 0 radical (unpaired) electrons. The van der Waals surface area contributed by atoms with Gasteiger partial charge in [-0.2, -0.15) is 0 Å². The van der Waals surface area contributed by atoms with Gasteiger partial charge in [0.05, 0.1) is 12.7 Å². The van der Waals surface area contributed by atoms with Crippen molar-refractivity contribution in [1.82, 2.24) is 5.32 Å². The van der Waals surface area contributed by atoms with Gasteiger partial charge < -0.3 is 38.5 Å². The first kappa shape index (κ1) is 21.9. The number of carbonyl (C=O) groups is 2. The van der Waals surface area contributed by atoms with Crippen molar-refractivity contribution in [2.75, 3.05) is 20.7 Å². The smallest absolute Gasteiger partial charge is 0.408 e. The zero-order valence-electron chi connectivity index (χ0n) is 19.1. The van der Waals surface area contributed by atoms with Crippen molar-refractivity contribution >= 4 is 11.9 Å². The van der Waals surface area contributed by atoms with E-state index < -0.39 is 18.3 Å². The van der Waals surface area contributed by atoms with Gasteiger partial charge in [0, 0.05) is 18.2 Å². The number of rotatable bonds is 5. The topological polar surface area (TPSA) is 111 Å². The van der Waals surface area contributed by atoms with Crippen LogP contribution in [-0.2, 0) is 11.3 Å². The van der Waals surface area contributed by atoms with Crippen LogP contribution in [0.5, 0.6) is 34.5 Å². The minimum atomic E-state index is -1.23. The second-order valence-corrected chi connectivity index (χ2v) is 8.24. The van der Waals surface area contributed by atoms with Gasteiger partial charge >= 0.3 is 6.09 Å². The molecule has 3 aliphatic heterocycles. The number of Topliss-reactive ketones (excluding diaryl/α,β-unsaturated/α-hetero) is 1. The van der Waals surface area contributed by atoms with Gasteiger partial charge in [0.1, 0.15) is 11.5 Å². The molecular formula is C26H21NO9. The number of alkyl carbamates (subject to hydrolysis) is 1. The van der Waals surface area contributed by atoms with Gasteiger partial charge in [-0.15, -0.1) is 0 Å². The predicted molar refractivity (Wildman–Crippen MR) is 123 cm³/mol. The molecule has 10 heteroatoms. The van der Waals surface area contributed by atoms with Gasteiger partial charge in [-0.1, -0.05) is 12.1 Å². The van der Waals surface area contributed by atoms with Gasteiger partial charge in [-0.05, 0) is 42.0 Å². The van der Waals surface area contributed by atoms with Crippen molar-refractivity contribution < 1.29 is 42.7 Å². The van der Waals surface area contributed by atoms with Crippen LogP contribution in [0.25, 0.3) is 0 Å². The van der Waals surface area contributed by atoms with Crippen molar-refractivity contribution in [3.05, 3.63) is 71.3 Å². The normalized spacial score (nSPS) is 18.8. The lowest BCUT2D eigenvalue weighted by atomic mass is 9.93. The Morgan fingerprint density at radius 2 is 1.61 bits per heavy atom. The first-order valence-corrected chi connectivity index (χ1v) is 11.2. The molecule has 184 valence electrons. The van der Waals surface area contributed by atoms with Crippen molar-refractivity contribution in [3.8, 4) is 34.5 Å². The summed E-state index contributed by atoms with van der Waals surface area (Å²) in [6.45, 7) is 0.428. The summed E-state index contributed by atoms with van der Waals surface area (Å²) < 4.78 is 38.6. The third-order valence-electron chi connectivity index (χ3n) is 6.07. The van der Waals surface area contributed by atoms with E-state index in [2.05, 4.69) is 5.32 Å². The van der Waals surface area contributed by atoms with Crippen LogP contribution in [-0.4, -0.2) is 38.7 Å². The molecule has 3 aliphatic rings. The lowest BCUT2D eigenvalue weighted by Crippen LogP contribution is -2.42. The maximum atomic E-state index is 13.5. The Labute approximate surface area is 205 Å². The summed E-state index contributed by atoms with van der Waals surface area (Å²) in [7, 11) is 1.53. The number of ketones is 1. The summed E-state index contributed by atoms with van der Waals surface area (Å²) in [5, 5.41) is 2.68. The number of benzene rings is 3. The molecule has 1 N–H and O–H groups in total. The molecule has 3 aromatic carbocycles. The Bertz CT molecular complexity index is 1360. The van der Waals surface area contributed by atoms with Crippen LogP contribution in [0.2, 0.25) is 0 Å². The zero-order chi connectivity index (χ0) is 24.6. The lowest BCUT2D eigenvalue weighted by Gasteiger charge is -2.32. The molecule has 0 fully saturated rings. The minimum Gasteiger partial charge on any atom is -0.497 e. The van der Waals surface area contributed by atoms with E-state index in [0.717, 1.165) is 5.56 Å². The van der Waals surface area contributed by atoms with Crippen LogP contribution >= 0.6 is 0 Å². The van der Waals surface area contributed by atoms with Crippen LogP contribution in [0.3, 0.4) is 0 Å². The van der Waals surface area contributed by atoms with Crippen LogP contribution in [0.15, 0.2) is 54.6 Å². The fourth-order valence-electron chi connectivity index (χ4n) is 4.25. The van der Waals surface area contributed by atoms with Crippen LogP contribution in [0.4, 0.5) is 4.79 Å². The quantitative estimate of drug-likeness (QED) is 0.570. The van der Waals surface area contributed by atoms with E-state index in [9.17, 15) is 9.59 Å². The Morgan fingerprint density at radius 3 is 2.39 bits per heavy atom. The number of nitrogens with one attached hydrogen (secondary N) is 1. The molecule has 0 spiro atoms. The molecule has 0 aromatic heterocycles. The van der Waals surface area contributed by atoms with Crippen LogP contribution in [0.1, 0.15) is 27.6 Å². The molecule has 1 amide bonds. The molecule has 0 bridgehead atoms. The van der Waals surface area contributed by atoms with Crippen LogP contribution in [0, 0.1) is 0 Å². The Kier molecular flexibility index (Phi) is 5.40. The summed E-state index contributed by atoms with van der Waals surface area (Å²) in [6, 6.07) is 15.4. The number of ether oxygens (including phenoxy) is 7. The average Bonchev–Trinajstić information content (AvgIpc) is 3.57. The van der Waals surface area contributed by atoms with Gasteiger partial charge in [0.25, 0.3) is 0 Å². The Morgan fingerprint density at radius 1 is 0.889 bits per heavy atom. The van der Waals surface area contributed by atoms with Gasteiger partial charge in [0.2, 0.25) is 25.5 Å². The molecule has 2 atom stereocenters. The molecule has 3 heterocycles. The fourth-order valence-corrected chi connectivity index (χ4v) is 4.25. The first-order chi connectivity index (χ1) is 17.6. The summed E-state index contributed by atoms with van der Waals surface area (Å²) in [5.74, 6) is 2.84. The van der Waals surface area contributed by atoms with E-state index >= 15 is 0 Å². The van der Waals surface area contributed by atoms with E-state index in [1.54, 1.807) is 48.5 Å².